The number of hydrogen-bond donors (Lipinski definition) is 0. The summed E-state index contributed by atoms with van der Waals surface area (Å²) in [7, 11) is 0. The van der Waals surface area contributed by atoms with Crippen molar-refractivity contribution in [1.29, 1.82) is 0 Å². The normalized spacial score (nSPS) is 21.3. The Hall–Kier alpha value is -1.20. The summed E-state index contributed by atoms with van der Waals surface area (Å²) in [5.41, 5.74) is 0.783. The zero-order valence-corrected chi connectivity index (χ0v) is 8.68. The maximum Gasteiger partial charge on any atom is 0.224 e. The summed E-state index contributed by atoms with van der Waals surface area (Å²) in [6.45, 7) is 1.48. The fourth-order valence-corrected chi connectivity index (χ4v) is 1.93. The molecule has 3 rings (SSSR count). The summed E-state index contributed by atoms with van der Waals surface area (Å²) in [6.07, 6.45) is 4.41. The molecule has 1 aliphatic heterocycles. The Morgan fingerprint density at radius 1 is 1.47 bits per heavy atom. The Balaban J connectivity index is 2.13. The number of fused-ring (bicyclic) bond motifs is 1. The molecule has 0 aliphatic carbocycles. The molecule has 2 aromatic heterocycles. The molecule has 2 aromatic rings. The van der Waals surface area contributed by atoms with Crippen LogP contribution in [-0.4, -0.2) is 33.0 Å². The van der Waals surface area contributed by atoms with Gasteiger partial charge in [-0.3, -0.25) is 0 Å². The van der Waals surface area contributed by atoms with Crippen molar-refractivity contribution in [3.05, 3.63) is 17.7 Å². The summed E-state index contributed by atoms with van der Waals surface area (Å²) < 4.78 is 7.19. The van der Waals surface area contributed by atoms with Gasteiger partial charge in [0.2, 0.25) is 5.28 Å². The summed E-state index contributed by atoms with van der Waals surface area (Å²) in [6, 6.07) is 0.272. The van der Waals surface area contributed by atoms with Crippen molar-refractivity contribution < 1.29 is 4.74 Å². The highest BCUT2D eigenvalue weighted by atomic mass is 35.5. The summed E-state index contributed by atoms with van der Waals surface area (Å²) in [5.74, 6) is 0. The van der Waals surface area contributed by atoms with Crippen LogP contribution in [0.15, 0.2) is 12.4 Å². The van der Waals surface area contributed by atoms with Gasteiger partial charge >= 0.3 is 0 Å². The van der Waals surface area contributed by atoms with Crippen molar-refractivity contribution in [2.75, 3.05) is 13.2 Å². The van der Waals surface area contributed by atoms with Crippen LogP contribution in [0.1, 0.15) is 12.5 Å². The van der Waals surface area contributed by atoms with E-state index in [9.17, 15) is 0 Å². The molecule has 1 saturated heterocycles. The van der Waals surface area contributed by atoms with Gasteiger partial charge in [0.25, 0.3) is 0 Å². The molecule has 0 spiro atoms. The minimum absolute atomic E-state index is 0.253. The highest BCUT2D eigenvalue weighted by molar-refractivity contribution is 6.28. The van der Waals surface area contributed by atoms with Crippen LogP contribution in [0.4, 0.5) is 0 Å². The van der Waals surface area contributed by atoms with Crippen LogP contribution in [0.2, 0.25) is 5.28 Å². The van der Waals surface area contributed by atoms with Crippen molar-refractivity contribution in [2.45, 2.75) is 12.5 Å². The third kappa shape index (κ3) is 1.48. The highest BCUT2D eigenvalue weighted by Crippen LogP contribution is 2.22. The van der Waals surface area contributed by atoms with Gasteiger partial charge in [-0.25, -0.2) is 9.67 Å². The molecule has 0 radical (unpaired) electrons. The van der Waals surface area contributed by atoms with Gasteiger partial charge in [0.15, 0.2) is 5.65 Å². The third-order valence-electron chi connectivity index (χ3n) is 2.56. The van der Waals surface area contributed by atoms with E-state index in [2.05, 4.69) is 15.1 Å². The minimum atomic E-state index is 0.253. The van der Waals surface area contributed by atoms with Crippen molar-refractivity contribution in [3.63, 3.8) is 0 Å². The monoisotopic (exact) mass is 224 g/mol. The van der Waals surface area contributed by atoms with E-state index in [0.29, 0.717) is 6.61 Å². The van der Waals surface area contributed by atoms with E-state index < -0.39 is 0 Å². The van der Waals surface area contributed by atoms with E-state index in [0.717, 1.165) is 24.1 Å². The predicted molar refractivity (Wildman–Crippen MR) is 54.8 cm³/mol. The Kier molecular flexibility index (Phi) is 2.07. The molecular weight excluding hydrogens is 216 g/mol. The van der Waals surface area contributed by atoms with E-state index in [1.165, 1.54) is 0 Å². The average molecular weight is 225 g/mol. The van der Waals surface area contributed by atoms with E-state index >= 15 is 0 Å². The second-order valence-corrected chi connectivity index (χ2v) is 3.86. The van der Waals surface area contributed by atoms with E-state index in [-0.39, 0.29) is 11.3 Å². The molecule has 0 saturated carbocycles. The van der Waals surface area contributed by atoms with Crippen LogP contribution in [-0.2, 0) is 4.74 Å². The van der Waals surface area contributed by atoms with Crippen LogP contribution in [0.3, 0.4) is 0 Å². The third-order valence-corrected chi connectivity index (χ3v) is 2.74. The zero-order chi connectivity index (χ0) is 10.3. The number of rotatable bonds is 1. The lowest BCUT2D eigenvalue weighted by Crippen LogP contribution is -2.10. The molecule has 3 heterocycles. The fraction of sp³-hybridized carbons (Fsp3) is 0.444. The molecule has 15 heavy (non-hydrogen) atoms. The van der Waals surface area contributed by atoms with Crippen molar-refractivity contribution in [3.8, 4) is 0 Å². The Labute approximate surface area is 91.0 Å². The SMILES string of the molecule is Clc1ncc2cnn([C@@H]3CCOC3)c2n1. The molecule has 6 heteroatoms. The molecule has 0 bridgehead atoms. The van der Waals surface area contributed by atoms with Crippen molar-refractivity contribution in [2.24, 2.45) is 0 Å². The van der Waals surface area contributed by atoms with Gasteiger partial charge in [-0.05, 0) is 18.0 Å². The molecular formula is C9H9ClN4O. The lowest BCUT2D eigenvalue weighted by atomic mass is 10.3. The quantitative estimate of drug-likeness (QED) is 0.688. The second-order valence-electron chi connectivity index (χ2n) is 3.52. The van der Waals surface area contributed by atoms with E-state index in [4.69, 9.17) is 16.3 Å². The standard InChI is InChI=1S/C9H9ClN4O/c10-9-11-3-6-4-12-14(8(6)13-9)7-1-2-15-5-7/h3-4,7H,1-2,5H2/t7-/m1/s1. The molecule has 0 aromatic carbocycles. The Morgan fingerprint density at radius 3 is 3.20 bits per heavy atom. The zero-order valence-electron chi connectivity index (χ0n) is 7.93. The van der Waals surface area contributed by atoms with Gasteiger partial charge in [0, 0.05) is 12.8 Å². The topological polar surface area (TPSA) is 52.8 Å². The summed E-state index contributed by atoms with van der Waals surface area (Å²) in [4.78, 5) is 8.10. The maximum atomic E-state index is 5.76. The van der Waals surface area contributed by atoms with Gasteiger partial charge in [-0.1, -0.05) is 0 Å². The number of ether oxygens (including phenoxy) is 1. The molecule has 0 N–H and O–H groups in total. The number of aromatic nitrogens is 4. The molecule has 78 valence electrons. The molecule has 0 amide bonds. The molecule has 1 atom stereocenters. The lowest BCUT2D eigenvalue weighted by Gasteiger charge is -2.08. The maximum absolute atomic E-state index is 5.76. The smallest absolute Gasteiger partial charge is 0.224 e. The largest absolute Gasteiger partial charge is 0.379 e. The molecule has 0 unspecified atom stereocenters. The number of halogens is 1. The molecule has 5 nitrogen and oxygen atoms in total. The van der Waals surface area contributed by atoms with Gasteiger partial charge in [-0.15, -0.1) is 0 Å². The van der Waals surface area contributed by atoms with Crippen LogP contribution in [0.5, 0.6) is 0 Å². The average Bonchev–Trinajstić information content (AvgIpc) is 2.83. The van der Waals surface area contributed by atoms with Crippen LogP contribution >= 0.6 is 11.6 Å². The Morgan fingerprint density at radius 2 is 2.40 bits per heavy atom. The predicted octanol–water partition coefficient (Wildman–Crippen LogP) is 1.44. The van der Waals surface area contributed by atoms with Crippen molar-refractivity contribution >= 4 is 22.6 Å². The second kappa shape index (κ2) is 3.43. The van der Waals surface area contributed by atoms with Crippen LogP contribution in [0.25, 0.3) is 11.0 Å². The first-order chi connectivity index (χ1) is 7.34. The first-order valence-electron chi connectivity index (χ1n) is 4.78. The first kappa shape index (κ1) is 9.06. The first-order valence-corrected chi connectivity index (χ1v) is 5.16. The Bertz CT molecular complexity index is 492. The lowest BCUT2D eigenvalue weighted by molar-refractivity contribution is 0.185. The van der Waals surface area contributed by atoms with Gasteiger partial charge in [0.1, 0.15) is 0 Å². The summed E-state index contributed by atoms with van der Waals surface area (Å²) >= 11 is 5.76. The minimum Gasteiger partial charge on any atom is -0.379 e. The van der Waals surface area contributed by atoms with Crippen molar-refractivity contribution in [1.82, 2.24) is 19.7 Å². The molecule has 1 aliphatic rings. The van der Waals surface area contributed by atoms with Crippen LogP contribution in [0, 0.1) is 0 Å². The number of hydrogen-bond acceptors (Lipinski definition) is 4. The highest BCUT2D eigenvalue weighted by Gasteiger charge is 2.20. The fourth-order valence-electron chi connectivity index (χ4n) is 1.80. The molecule has 1 fully saturated rings. The van der Waals surface area contributed by atoms with E-state index in [1.807, 2.05) is 4.68 Å². The van der Waals surface area contributed by atoms with Crippen LogP contribution < -0.4 is 0 Å². The number of nitrogens with zero attached hydrogens (tertiary/aromatic N) is 4. The van der Waals surface area contributed by atoms with E-state index in [1.54, 1.807) is 12.4 Å². The summed E-state index contributed by atoms with van der Waals surface area (Å²) in [5, 5.41) is 5.46. The van der Waals surface area contributed by atoms with Gasteiger partial charge in [-0.2, -0.15) is 10.1 Å². The van der Waals surface area contributed by atoms with Gasteiger partial charge < -0.3 is 4.74 Å². The van der Waals surface area contributed by atoms with Gasteiger partial charge in [0.05, 0.1) is 24.2 Å².